The Bertz CT molecular complexity index is 1920. The smallest absolute Gasteiger partial charge is 0.232 e. The molecule has 1 saturated heterocycles. The van der Waals surface area contributed by atoms with Crippen LogP contribution < -0.4 is 24.6 Å². The Balaban J connectivity index is 1.38. The second kappa shape index (κ2) is 11.2. The van der Waals surface area contributed by atoms with Gasteiger partial charge >= 0.3 is 0 Å². The molecule has 0 atom stereocenters. The van der Waals surface area contributed by atoms with E-state index in [0.29, 0.717) is 51.0 Å². The van der Waals surface area contributed by atoms with Crippen LogP contribution in [0.3, 0.4) is 0 Å². The van der Waals surface area contributed by atoms with E-state index in [2.05, 4.69) is 55.4 Å². The Hall–Kier alpha value is -4.69. The Kier molecular flexibility index (Phi) is 7.40. The van der Waals surface area contributed by atoms with Gasteiger partial charge in [0.15, 0.2) is 5.82 Å². The lowest BCUT2D eigenvalue weighted by molar-refractivity contribution is 0.312. The average molecular weight is 603 g/mol. The summed E-state index contributed by atoms with van der Waals surface area (Å²) in [5.41, 5.74) is 6.17. The maximum absolute atomic E-state index is 12.6. The molecular formula is C29H34N10O3S. The molecule has 0 saturated carbocycles. The van der Waals surface area contributed by atoms with Crippen molar-refractivity contribution in [1.82, 2.24) is 29.8 Å². The second-order valence-corrected chi connectivity index (χ2v) is 12.6. The van der Waals surface area contributed by atoms with E-state index in [-0.39, 0.29) is 0 Å². The molecule has 0 radical (unpaired) electrons. The first-order valence-electron chi connectivity index (χ1n) is 13.8. The molecule has 14 heteroatoms. The van der Waals surface area contributed by atoms with Gasteiger partial charge in [0, 0.05) is 63.6 Å². The van der Waals surface area contributed by atoms with Crippen molar-refractivity contribution >= 4 is 66.6 Å². The summed E-state index contributed by atoms with van der Waals surface area (Å²) in [5, 5.41) is 6.67. The normalized spacial score (nSPS) is 14.3. The first kappa shape index (κ1) is 28.4. The third-order valence-electron chi connectivity index (χ3n) is 7.69. The number of aromatic nitrogens is 5. The Morgan fingerprint density at radius 1 is 0.977 bits per heavy atom. The molecule has 0 amide bonds. The lowest BCUT2D eigenvalue weighted by Gasteiger charge is -2.35. The van der Waals surface area contributed by atoms with Crippen LogP contribution in [0.5, 0.6) is 5.75 Å². The standard InChI is InChI=1S/C29H34N10O3S/c1-18-16-22(24(42-4)17-23(18)39-14-12-37(2)13-15-39)35-29-34-20-8-9-31-26(20)28(36-29)33-21-7-6-19-25(32-11-10-30-19)27(21)38(3)43(5,40)41/h6-11,16-17,31H,12-15H2,1-5H3,(H2,33,34,35,36). The summed E-state index contributed by atoms with van der Waals surface area (Å²) in [6.07, 6.45) is 6.02. The van der Waals surface area contributed by atoms with E-state index in [9.17, 15) is 8.42 Å². The number of nitrogens with zero attached hydrogens (tertiary/aromatic N) is 7. The molecule has 1 aliphatic heterocycles. The number of benzene rings is 2. The van der Waals surface area contributed by atoms with Crippen molar-refractivity contribution in [2.75, 3.05) is 73.5 Å². The number of piperazine rings is 1. The molecule has 0 aliphatic carbocycles. The molecule has 2 aromatic carbocycles. The maximum Gasteiger partial charge on any atom is 0.232 e. The van der Waals surface area contributed by atoms with Crippen molar-refractivity contribution in [1.29, 1.82) is 0 Å². The van der Waals surface area contributed by atoms with Crippen LogP contribution in [0.4, 0.5) is 34.5 Å². The van der Waals surface area contributed by atoms with E-state index in [0.717, 1.165) is 49.4 Å². The highest BCUT2D eigenvalue weighted by Crippen LogP contribution is 2.38. The number of sulfonamides is 1. The van der Waals surface area contributed by atoms with Crippen LogP contribution in [0.1, 0.15) is 5.56 Å². The summed E-state index contributed by atoms with van der Waals surface area (Å²) in [6.45, 7) is 6.00. The number of likely N-dealkylation sites (N-methyl/N-ethyl adjacent to an activating group) is 1. The quantitative estimate of drug-likeness (QED) is 0.238. The fourth-order valence-electron chi connectivity index (χ4n) is 5.28. The highest BCUT2D eigenvalue weighted by Gasteiger charge is 2.23. The van der Waals surface area contributed by atoms with Crippen molar-refractivity contribution in [3.63, 3.8) is 0 Å². The van der Waals surface area contributed by atoms with Crippen molar-refractivity contribution in [2.45, 2.75) is 6.92 Å². The van der Waals surface area contributed by atoms with Gasteiger partial charge in [-0.05, 0) is 43.8 Å². The predicted molar refractivity (Wildman–Crippen MR) is 171 cm³/mol. The largest absolute Gasteiger partial charge is 0.494 e. The molecule has 4 heterocycles. The van der Waals surface area contributed by atoms with Gasteiger partial charge in [0.1, 0.15) is 22.5 Å². The van der Waals surface area contributed by atoms with E-state index in [1.54, 1.807) is 31.6 Å². The lowest BCUT2D eigenvalue weighted by Crippen LogP contribution is -2.44. The van der Waals surface area contributed by atoms with E-state index in [1.807, 2.05) is 12.1 Å². The zero-order valence-corrected chi connectivity index (χ0v) is 25.5. The van der Waals surface area contributed by atoms with Gasteiger partial charge in [0.05, 0.1) is 35.8 Å². The van der Waals surface area contributed by atoms with Crippen molar-refractivity contribution in [3.8, 4) is 5.75 Å². The highest BCUT2D eigenvalue weighted by atomic mass is 32.2. The number of hydrogen-bond acceptors (Lipinski definition) is 11. The van der Waals surface area contributed by atoms with Crippen LogP contribution in [0, 0.1) is 6.92 Å². The van der Waals surface area contributed by atoms with Crippen LogP contribution in [0.2, 0.25) is 0 Å². The van der Waals surface area contributed by atoms with Crippen LogP contribution in [-0.4, -0.2) is 91.9 Å². The number of methoxy groups -OCH3 is 1. The molecule has 5 aromatic rings. The molecule has 224 valence electrons. The van der Waals surface area contributed by atoms with Gasteiger partial charge in [-0.3, -0.25) is 14.3 Å². The first-order chi connectivity index (χ1) is 20.6. The molecule has 43 heavy (non-hydrogen) atoms. The Morgan fingerprint density at radius 3 is 2.49 bits per heavy atom. The molecule has 0 unspecified atom stereocenters. The van der Waals surface area contributed by atoms with Gasteiger partial charge in [-0.2, -0.15) is 4.98 Å². The fraction of sp³-hybridized carbons (Fsp3) is 0.310. The van der Waals surface area contributed by atoms with Gasteiger partial charge in [-0.25, -0.2) is 13.4 Å². The summed E-state index contributed by atoms with van der Waals surface area (Å²) in [7, 11) is 1.66. The molecule has 0 bridgehead atoms. The Morgan fingerprint density at radius 2 is 1.74 bits per heavy atom. The minimum absolute atomic E-state index is 0.346. The molecule has 6 rings (SSSR count). The van der Waals surface area contributed by atoms with Gasteiger partial charge < -0.3 is 30.2 Å². The number of ether oxygens (including phenoxy) is 1. The zero-order valence-electron chi connectivity index (χ0n) is 24.7. The Labute approximate surface area is 250 Å². The summed E-state index contributed by atoms with van der Waals surface area (Å²) in [4.78, 5) is 26.2. The number of anilines is 6. The predicted octanol–water partition coefficient (Wildman–Crippen LogP) is 3.85. The number of aryl methyl sites for hydroxylation is 1. The van der Waals surface area contributed by atoms with Crippen molar-refractivity contribution < 1.29 is 13.2 Å². The number of rotatable bonds is 8. The number of hydrogen-bond donors (Lipinski definition) is 3. The van der Waals surface area contributed by atoms with E-state index in [4.69, 9.17) is 14.7 Å². The third-order valence-corrected chi connectivity index (χ3v) is 8.87. The number of fused-ring (bicyclic) bond motifs is 2. The first-order valence-corrected chi connectivity index (χ1v) is 15.7. The SMILES string of the molecule is COc1cc(N2CCN(C)CC2)c(C)cc1Nc1nc(Nc2ccc3nccnc3c2N(C)S(C)(=O)=O)c2[nH]ccc2n1. The van der Waals surface area contributed by atoms with Gasteiger partial charge in [0.2, 0.25) is 16.0 Å². The number of aromatic amines is 1. The van der Waals surface area contributed by atoms with Crippen LogP contribution in [0.25, 0.3) is 22.1 Å². The molecule has 1 fully saturated rings. The lowest BCUT2D eigenvalue weighted by atomic mass is 10.1. The minimum Gasteiger partial charge on any atom is -0.494 e. The maximum atomic E-state index is 12.6. The fourth-order valence-corrected chi connectivity index (χ4v) is 5.80. The highest BCUT2D eigenvalue weighted by molar-refractivity contribution is 7.92. The summed E-state index contributed by atoms with van der Waals surface area (Å²) in [5.74, 6) is 1.48. The summed E-state index contributed by atoms with van der Waals surface area (Å²) >= 11 is 0. The third kappa shape index (κ3) is 5.58. The van der Waals surface area contributed by atoms with Crippen molar-refractivity contribution in [3.05, 3.63) is 54.5 Å². The van der Waals surface area contributed by atoms with Crippen LogP contribution in [-0.2, 0) is 10.0 Å². The summed E-state index contributed by atoms with van der Waals surface area (Å²) < 4.78 is 32.2. The van der Waals surface area contributed by atoms with Crippen molar-refractivity contribution in [2.24, 2.45) is 0 Å². The molecule has 0 spiro atoms. The molecular weight excluding hydrogens is 568 g/mol. The van der Waals surface area contributed by atoms with E-state index >= 15 is 0 Å². The molecule has 3 N–H and O–H groups in total. The topological polar surface area (TPSA) is 144 Å². The van der Waals surface area contributed by atoms with Gasteiger partial charge in [-0.15, -0.1) is 0 Å². The zero-order chi connectivity index (χ0) is 30.3. The van der Waals surface area contributed by atoms with Crippen LogP contribution in [0.15, 0.2) is 48.9 Å². The number of H-pyrrole nitrogens is 1. The number of nitrogens with one attached hydrogen (secondary N) is 3. The van der Waals surface area contributed by atoms with Gasteiger partial charge in [-0.1, -0.05) is 0 Å². The molecule has 1 aliphatic rings. The van der Waals surface area contributed by atoms with E-state index in [1.165, 1.54) is 17.5 Å². The summed E-state index contributed by atoms with van der Waals surface area (Å²) in [6, 6.07) is 9.50. The minimum atomic E-state index is -3.62. The van der Waals surface area contributed by atoms with Crippen LogP contribution >= 0.6 is 0 Å². The van der Waals surface area contributed by atoms with E-state index < -0.39 is 10.0 Å². The van der Waals surface area contributed by atoms with Gasteiger partial charge in [0.25, 0.3) is 0 Å². The monoisotopic (exact) mass is 602 g/mol. The average Bonchev–Trinajstić information content (AvgIpc) is 3.46. The second-order valence-electron chi connectivity index (χ2n) is 10.6. The molecule has 13 nitrogen and oxygen atoms in total. The molecule has 3 aromatic heterocycles.